The summed E-state index contributed by atoms with van der Waals surface area (Å²) < 4.78 is 18.2. The van der Waals surface area contributed by atoms with Crippen molar-refractivity contribution in [2.24, 2.45) is 5.41 Å². The van der Waals surface area contributed by atoms with Crippen LogP contribution in [-0.2, 0) is 20.7 Å². The van der Waals surface area contributed by atoms with Crippen LogP contribution in [0.3, 0.4) is 0 Å². The Morgan fingerprint density at radius 2 is 2.28 bits per heavy atom. The molecule has 0 radical (unpaired) electrons. The van der Waals surface area contributed by atoms with E-state index >= 15 is 0 Å². The van der Waals surface area contributed by atoms with Gasteiger partial charge in [0, 0.05) is 6.42 Å². The Morgan fingerprint density at radius 3 is 2.83 bits per heavy atom. The molecule has 0 N–H and O–H groups in total. The van der Waals surface area contributed by atoms with Crippen molar-refractivity contribution in [2.45, 2.75) is 19.8 Å². The smallest absolute Gasteiger partial charge is 0.320 e. The van der Waals surface area contributed by atoms with Crippen molar-refractivity contribution in [1.29, 1.82) is 0 Å². The summed E-state index contributed by atoms with van der Waals surface area (Å²) in [5.41, 5.74) is -0.761. The third-order valence-electron chi connectivity index (χ3n) is 3.35. The van der Waals surface area contributed by atoms with Gasteiger partial charge < -0.3 is 4.74 Å². The number of esters is 1. The third-order valence-corrected chi connectivity index (χ3v) is 3.77. The summed E-state index contributed by atoms with van der Waals surface area (Å²) in [5, 5.41) is -0.0437. The highest BCUT2D eigenvalue weighted by molar-refractivity contribution is 6.31. The number of benzene rings is 1. The van der Waals surface area contributed by atoms with Gasteiger partial charge in [-0.1, -0.05) is 23.7 Å². The molecule has 3 nitrogen and oxygen atoms in total. The number of cyclic esters (lactones) is 1. The molecule has 1 aromatic rings. The molecule has 96 valence electrons. The van der Waals surface area contributed by atoms with Crippen molar-refractivity contribution in [3.8, 4) is 0 Å². The maximum absolute atomic E-state index is 13.3. The van der Waals surface area contributed by atoms with Gasteiger partial charge in [0.2, 0.25) is 0 Å². The zero-order valence-electron chi connectivity index (χ0n) is 9.83. The molecule has 1 fully saturated rings. The first-order chi connectivity index (χ1) is 8.47. The minimum atomic E-state index is -1.21. The van der Waals surface area contributed by atoms with Crippen LogP contribution < -0.4 is 0 Å². The minimum Gasteiger partial charge on any atom is -0.465 e. The summed E-state index contributed by atoms with van der Waals surface area (Å²) >= 11 is 5.85. The van der Waals surface area contributed by atoms with Gasteiger partial charge in [0.15, 0.2) is 0 Å². The van der Waals surface area contributed by atoms with Crippen LogP contribution in [0.15, 0.2) is 18.2 Å². The lowest BCUT2D eigenvalue weighted by Crippen LogP contribution is -2.36. The molecule has 0 amide bonds. The molecule has 1 saturated heterocycles. The van der Waals surface area contributed by atoms with Crippen LogP contribution in [0.4, 0.5) is 4.39 Å². The molecule has 0 bridgehead atoms. The Balaban J connectivity index is 2.39. The fourth-order valence-corrected chi connectivity index (χ4v) is 2.37. The van der Waals surface area contributed by atoms with Crippen molar-refractivity contribution >= 4 is 23.4 Å². The standard InChI is InChI=1S/C13H12ClFO3/c1-8(16)13(5-6-18-12(13)17)7-9-3-2-4-10(15)11(9)14/h2-4H,5-7H2,1H3. The zero-order valence-corrected chi connectivity index (χ0v) is 10.6. The van der Waals surface area contributed by atoms with Crippen LogP contribution in [-0.4, -0.2) is 18.4 Å². The second kappa shape index (κ2) is 4.69. The summed E-state index contributed by atoms with van der Waals surface area (Å²) in [5.74, 6) is -1.38. The predicted octanol–water partition coefficient (Wildman–Crippen LogP) is 2.54. The maximum Gasteiger partial charge on any atom is 0.320 e. The Morgan fingerprint density at radius 1 is 1.56 bits per heavy atom. The maximum atomic E-state index is 13.3. The molecule has 0 saturated carbocycles. The lowest BCUT2D eigenvalue weighted by Gasteiger charge is -2.21. The number of halogens is 2. The number of hydrogen-bond donors (Lipinski definition) is 0. The van der Waals surface area contributed by atoms with Crippen LogP contribution in [0.25, 0.3) is 0 Å². The SMILES string of the molecule is CC(=O)C1(Cc2cccc(F)c2Cl)CCOC1=O. The molecule has 2 rings (SSSR count). The van der Waals surface area contributed by atoms with Gasteiger partial charge in [-0.05, 0) is 25.0 Å². The van der Waals surface area contributed by atoms with Crippen LogP contribution >= 0.6 is 11.6 Å². The van der Waals surface area contributed by atoms with Gasteiger partial charge in [-0.3, -0.25) is 9.59 Å². The van der Waals surface area contributed by atoms with Gasteiger partial charge in [0.25, 0.3) is 0 Å². The molecular weight excluding hydrogens is 259 g/mol. The Kier molecular flexibility index (Phi) is 3.39. The third kappa shape index (κ3) is 2.01. The van der Waals surface area contributed by atoms with Gasteiger partial charge in [0.05, 0.1) is 11.6 Å². The molecule has 1 aliphatic heterocycles. The summed E-state index contributed by atoms with van der Waals surface area (Å²) in [7, 11) is 0. The lowest BCUT2D eigenvalue weighted by molar-refractivity contribution is -0.150. The molecule has 5 heteroatoms. The lowest BCUT2D eigenvalue weighted by atomic mass is 9.77. The number of ketones is 1. The summed E-state index contributed by atoms with van der Waals surface area (Å²) in [6, 6.07) is 4.35. The molecule has 0 aromatic heterocycles. The van der Waals surface area contributed by atoms with Crippen LogP contribution in [0.1, 0.15) is 18.9 Å². The first-order valence-corrected chi connectivity index (χ1v) is 5.96. The largest absolute Gasteiger partial charge is 0.465 e. The summed E-state index contributed by atoms with van der Waals surface area (Å²) in [6.45, 7) is 1.56. The van der Waals surface area contributed by atoms with E-state index in [0.29, 0.717) is 12.0 Å². The van der Waals surface area contributed by atoms with Crippen molar-refractivity contribution < 1.29 is 18.7 Å². The molecular formula is C13H12ClFO3. The Labute approximate surface area is 109 Å². The van der Waals surface area contributed by atoms with Crippen molar-refractivity contribution in [3.63, 3.8) is 0 Å². The van der Waals surface area contributed by atoms with Crippen LogP contribution in [0.5, 0.6) is 0 Å². The monoisotopic (exact) mass is 270 g/mol. The van der Waals surface area contributed by atoms with Crippen molar-refractivity contribution in [1.82, 2.24) is 0 Å². The van der Waals surface area contributed by atoms with E-state index < -0.39 is 17.2 Å². The van der Waals surface area contributed by atoms with E-state index in [0.717, 1.165) is 0 Å². The zero-order chi connectivity index (χ0) is 13.3. The van der Waals surface area contributed by atoms with Gasteiger partial charge in [0.1, 0.15) is 17.0 Å². The van der Waals surface area contributed by atoms with E-state index in [2.05, 4.69) is 0 Å². The normalized spacial score (nSPS) is 22.9. The number of ether oxygens (including phenoxy) is 1. The molecule has 0 spiro atoms. The highest BCUT2D eigenvalue weighted by Gasteiger charge is 2.49. The average Bonchev–Trinajstić information content (AvgIpc) is 2.68. The second-order valence-electron chi connectivity index (χ2n) is 4.41. The highest BCUT2D eigenvalue weighted by atomic mass is 35.5. The highest BCUT2D eigenvalue weighted by Crippen LogP contribution is 2.37. The van der Waals surface area contributed by atoms with Gasteiger partial charge in [-0.2, -0.15) is 0 Å². The van der Waals surface area contributed by atoms with Gasteiger partial charge >= 0.3 is 5.97 Å². The first kappa shape index (κ1) is 13.0. The van der Waals surface area contributed by atoms with Crippen molar-refractivity contribution in [3.05, 3.63) is 34.6 Å². The number of carbonyl (C=O) groups is 2. The quantitative estimate of drug-likeness (QED) is 0.626. The van der Waals surface area contributed by atoms with Gasteiger partial charge in [-0.25, -0.2) is 4.39 Å². The Hall–Kier alpha value is -1.42. The molecule has 1 unspecified atom stereocenters. The minimum absolute atomic E-state index is 0.0437. The van der Waals surface area contributed by atoms with Crippen molar-refractivity contribution in [2.75, 3.05) is 6.61 Å². The average molecular weight is 271 g/mol. The number of hydrogen-bond acceptors (Lipinski definition) is 3. The van der Waals surface area contributed by atoms with E-state index in [9.17, 15) is 14.0 Å². The second-order valence-corrected chi connectivity index (χ2v) is 4.79. The molecule has 1 heterocycles. The summed E-state index contributed by atoms with van der Waals surface area (Å²) in [4.78, 5) is 23.5. The topological polar surface area (TPSA) is 43.4 Å². The molecule has 0 aliphatic carbocycles. The fraction of sp³-hybridized carbons (Fsp3) is 0.385. The van der Waals surface area contributed by atoms with E-state index in [1.165, 1.54) is 19.1 Å². The Bertz CT molecular complexity index is 515. The molecule has 1 aliphatic rings. The van der Waals surface area contributed by atoms with E-state index in [1.807, 2.05) is 0 Å². The molecule has 1 aromatic carbocycles. The molecule has 1 atom stereocenters. The fourth-order valence-electron chi connectivity index (χ4n) is 2.17. The number of carbonyl (C=O) groups excluding carboxylic acids is 2. The van der Waals surface area contributed by atoms with Gasteiger partial charge in [-0.15, -0.1) is 0 Å². The first-order valence-electron chi connectivity index (χ1n) is 5.58. The van der Waals surface area contributed by atoms with E-state index in [4.69, 9.17) is 16.3 Å². The predicted molar refractivity (Wildman–Crippen MR) is 63.8 cm³/mol. The van der Waals surface area contributed by atoms with Crippen LogP contribution in [0.2, 0.25) is 5.02 Å². The van der Waals surface area contributed by atoms with E-state index in [1.54, 1.807) is 6.07 Å². The number of rotatable bonds is 3. The number of Topliss-reactive ketones (excluding diaryl/α,β-unsaturated/α-hetero) is 1. The summed E-state index contributed by atoms with van der Waals surface area (Å²) in [6.07, 6.45) is 0.395. The molecule has 18 heavy (non-hydrogen) atoms. The van der Waals surface area contributed by atoms with Crippen LogP contribution in [0, 0.1) is 11.2 Å². The van der Waals surface area contributed by atoms with E-state index in [-0.39, 0.29) is 23.8 Å².